The number of pyridine rings is 1. The van der Waals surface area contributed by atoms with Crippen molar-refractivity contribution in [3.8, 4) is 0 Å². The van der Waals surface area contributed by atoms with Crippen LogP contribution in [0.15, 0.2) is 36.9 Å². The summed E-state index contributed by atoms with van der Waals surface area (Å²) in [5.74, 6) is 0.944. The van der Waals surface area contributed by atoms with Gasteiger partial charge >= 0.3 is 0 Å². The molecule has 1 aliphatic carbocycles. The topological polar surface area (TPSA) is 81.4 Å². The van der Waals surface area contributed by atoms with E-state index in [1.54, 1.807) is 0 Å². The van der Waals surface area contributed by atoms with Crippen LogP contribution in [0.25, 0.3) is 5.65 Å². The van der Waals surface area contributed by atoms with E-state index in [1.165, 1.54) is 5.56 Å². The van der Waals surface area contributed by atoms with Crippen molar-refractivity contribution in [3.05, 3.63) is 51.7 Å². The highest BCUT2D eigenvalue weighted by Crippen LogP contribution is 2.52. The number of anilines is 1. The molecule has 2 aliphatic rings. The number of nitrogens with zero attached hydrogens (tertiary/aromatic N) is 5. The van der Waals surface area contributed by atoms with E-state index in [4.69, 9.17) is 4.98 Å². The zero-order valence-corrected chi connectivity index (χ0v) is 21.0. The van der Waals surface area contributed by atoms with Gasteiger partial charge in [0, 0.05) is 60.3 Å². The average Bonchev–Trinajstić information content (AvgIpc) is 3.33. The molecule has 5 rings (SSSR count). The first kappa shape index (κ1) is 21.4. The Bertz CT molecular complexity index is 1100. The number of aromatic nitrogens is 4. The van der Waals surface area contributed by atoms with Crippen molar-refractivity contribution in [2.24, 2.45) is 5.41 Å². The zero-order chi connectivity index (χ0) is 21.8. The average molecular weight is 550 g/mol. The Morgan fingerprint density at radius 2 is 1.97 bits per heavy atom. The minimum absolute atomic E-state index is 0.0192. The van der Waals surface area contributed by atoms with Gasteiger partial charge in [0.15, 0.2) is 5.65 Å². The molecule has 1 saturated heterocycles. The standard InChI is InChI=1S/C22H27IN6OS/c1-21(2,3)31(30)27-18-15-5-4-8-24-17(15)13-22(18)6-10-28(11-7-22)20-26-14-16(23)19-25-9-12-29(19)20/h4-5,8-9,12,14,18,27H,6-7,10-11,13H2,1-3H3/t18-,31?/m0/s1. The van der Waals surface area contributed by atoms with Crippen molar-refractivity contribution in [1.82, 2.24) is 24.1 Å². The van der Waals surface area contributed by atoms with E-state index in [2.05, 4.69) is 52.6 Å². The van der Waals surface area contributed by atoms with Gasteiger partial charge in [-0.3, -0.25) is 9.38 Å². The minimum atomic E-state index is -1.14. The molecule has 1 N–H and O–H groups in total. The first-order valence-electron chi connectivity index (χ1n) is 10.6. The third-order valence-corrected chi connectivity index (χ3v) is 8.88. The van der Waals surface area contributed by atoms with Crippen LogP contribution in [0.3, 0.4) is 0 Å². The predicted octanol–water partition coefficient (Wildman–Crippen LogP) is 3.66. The molecule has 2 atom stereocenters. The summed E-state index contributed by atoms with van der Waals surface area (Å²) in [7, 11) is 0. The van der Waals surface area contributed by atoms with Gasteiger partial charge < -0.3 is 9.45 Å². The molecular formula is C22H27IN6OS. The molecule has 9 heteroatoms. The lowest BCUT2D eigenvalue weighted by Crippen LogP contribution is -2.50. The Morgan fingerprint density at radius 3 is 2.71 bits per heavy atom. The molecule has 7 nitrogen and oxygen atoms in total. The van der Waals surface area contributed by atoms with Crippen LogP contribution in [0, 0.1) is 8.99 Å². The number of nitrogens with one attached hydrogen (secondary N) is 1. The van der Waals surface area contributed by atoms with Crippen LogP contribution >= 0.6 is 22.6 Å². The van der Waals surface area contributed by atoms with Crippen LogP contribution in [0.1, 0.15) is 50.9 Å². The van der Waals surface area contributed by atoms with Gasteiger partial charge in [0.1, 0.15) is 4.75 Å². The van der Waals surface area contributed by atoms with Gasteiger partial charge in [-0.05, 0) is 74.3 Å². The fraction of sp³-hybridized carbons (Fsp3) is 0.500. The van der Waals surface area contributed by atoms with Crippen molar-refractivity contribution >= 4 is 45.5 Å². The molecule has 1 aliphatic heterocycles. The molecule has 164 valence electrons. The monoisotopic (exact) mass is 550 g/mol. The molecule has 3 aromatic rings. The summed E-state index contributed by atoms with van der Waals surface area (Å²) in [6.45, 7) is 7.85. The predicted molar refractivity (Wildman–Crippen MR) is 131 cm³/mol. The summed E-state index contributed by atoms with van der Waals surface area (Å²) in [6, 6.07) is 4.19. The molecule has 1 fully saturated rings. The van der Waals surface area contributed by atoms with E-state index in [1.807, 2.05) is 51.6 Å². The van der Waals surface area contributed by atoms with E-state index in [9.17, 15) is 4.55 Å². The quantitative estimate of drug-likeness (QED) is 0.396. The number of halogens is 1. The van der Waals surface area contributed by atoms with Crippen LogP contribution in [0.4, 0.5) is 5.95 Å². The first-order chi connectivity index (χ1) is 14.8. The van der Waals surface area contributed by atoms with Crippen LogP contribution in [-0.2, 0) is 17.8 Å². The number of hydrogen-bond donors (Lipinski definition) is 1. The number of rotatable bonds is 3. The lowest BCUT2D eigenvalue weighted by atomic mass is 9.73. The van der Waals surface area contributed by atoms with E-state index < -0.39 is 11.4 Å². The number of fused-ring (bicyclic) bond motifs is 2. The molecule has 0 saturated carbocycles. The lowest BCUT2D eigenvalue weighted by molar-refractivity contribution is 0.175. The summed E-state index contributed by atoms with van der Waals surface area (Å²) in [6.07, 6.45) is 10.5. The molecule has 0 bridgehead atoms. The highest BCUT2D eigenvalue weighted by atomic mass is 127. The van der Waals surface area contributed by atoms with Crippen LogP contribution in [-0.4, -0.2) is 41.7 Å². The highest BCUT2D eigenvalue weighted by molar-refractivity contribution is 14.1. The molecule has 31 heavy (non-hydrogen) atoms. The summed E-state index contributed by atoms with van der Waals surface area (Å²) < 4.78 is 19.4. The Morgan fingerprint density at radius 1 is 1.19 bits per heavy atom. The second-order valence-electron chi connectivity index (χ2n) is 9.52. The van der Waals surface area contributed by atoms with Crippen molar-refractivity contribution in [1.29, 1.82) is 0 Å². The number of piperidine rings is 1. The third-order valence-electron chi connectivity index (χ3n) is 6.55. The largest absolute Gasteiger partial charge is 0.598 e. The summed E-state index contributed by atoms with van der Waals surface area (Å²) >= 11 is 1.14. The molecule has 1 unspecified atom stereocenters. The van der Waals surface area contributed by atoms with Gasteiger partial charge in [0.25, 0.3) is 0 Å². The fourth-order valence-corrected chi connectivity index (χ4v) is 6.31. The van der Waals surface area contributed by atoms with Gasteiger partial charge in [0.05, 0.1) is 9.61 Å². The zero-order valence-electron chi connectivity index (χ0n) is 18.0. The molecule has 3 aromatic heterocycles. The maximum absolute atomic E-state index is 13.0. The van der Waals surface area contributed by atoms with Crippen molar-refractivity contribution in [2.75, 3.05) is 18.0 Å². The fourth-order valence-electron chi connectivity index (χ4n) is 4.83. The van der Waals surface area contributed by atoms with Gasteiger partial charge in [0.2, 0.25) is 5.95 Å². The van der Waals surface area contributed by atoms with E-state index in [0.717, 1.165) is 53.2 Å². The molecule has 4 heterocycles. The smallest absolute Gasteiger partial charge is 0.211 e. The van der Waals surface area contributed by atoms with Crippen molar-refractivity contribution in [2.45, 2.75) is 50.8 Å². The molecule has 0 aromatic carbocycles. The first-order valence-corrected chi connectivity index (χ1v) is 12.9. The molecule has 1 spiro atoms. The van der Waals surface area contributed by atoms with E-state index in [-0.39, 0.29) is 16.2 Å². The van der Waals surface area contributed by atoms with Crippen molar-refractivity contribution < 1.29 is 4.55 Å². The lowest BCUT2D eigenvalue weighted by Gasteiger charge is -2.44. The van der Waals surface area contributed by atoms with Crippen molar-refractivity contribution in [3.63, 3.8) is 0 Å². The Balaban J connectivity index is 1.42. The summed E-state index contributed by atoms with van der Waals surface area (Å²) in [5.41, 5.74) is 3.32. The van der Waals surface area contributed by atoms with Gasteiger partial charge in [-0.15, -0.1) is 4.72 Å². The van der Waals surface area contributed by atoms with Gasteiger partial charge in [-0.25, -0.2) is 9.97 Å². The van der Waals surface area contributed by atoms with Gasteiger partial charge in [-0.1, -0.05) is 6.07 Å². The maximum Gasteiger partial charge on any atom is 0.211 e. The molecular weight excluding hydrogens is 523 g/mol. The normalized spacial score (nSPS) is 21.6. The Kier molecular flexibility index (Phi) is 5.43. The van der Waals surface area contributed by atoms with E-state index in [0.29, 0.717) is 0 Å². The van der Waals surface area contributed by atoms with Crippen LogP contribution < -0.4 is 9.62 Å². The maximum atomic E-state index is 13.0. The highest BCUT2D eigenvalue weighted by Gasteiger charge is 2.51. The van der Waals surface area contributed by atoms with E-state index >= 15 is 0 Å². The Labute approximate surface area is 199 Å². The SMILES string of the molecule is CC(C)(C)[S+]([O-])N[C@H]1c2cccnc2CC12CCN(c1ncc(I)c3nccn13)CC2. The number of imidazole rings is 1. The second-order valence-corrected chi connectivity index (χ2v) is 12.7. The van der Waals surface area contributed by atoms with Gasteiger partial charge in [-0.2, -0.15) is 0 Å². The minimum Gasteiger partial charge on any atom is -0.598 e. The number of hydrogen-bond acceptors (Lipinski definition) is 6. The summed E-state index contributed by atoms with van der Waals surface area (Å²) in [4.78, 5) is 16.2. The Hall–Kier alpha value is -1.43. The molecule has 0 radical (unpaired) electrons. The third kappa shape index (κ3) is 3.73. The molecule has 0 amide bonds. The summed E-state index contributed by atoms with van der Waals surface area (Å²) in [5, 5.41) is 0. The second kappa shape index (κ2) is 7.86. The van der Waals surface area contributed by atoms with Crippen LogP contribution in [0.2, 0.25) is 0 Å². The van der Waals surface area contributed by atoms with Crippen LogP contribution in [0.5, 0.6) is 0 Å².